The van der Waals surface area contributed by atoms with Crippen LogP contribution in [0.5, 0.6) is 0 Å². The predicted molar refractivity (Wildman–Crippen MR) is 81.7 cm³/mol. The molecule has 0 radical (unpaired) electrons. The number of aromatic amines is 1. The van der Waals surface area contributed by atoms with Crippen LogP contribution in [0.1, 0.15) is 21.8 Å². The summed E-state index contributed by atoms with van der Waals surface area (Å²) < 4.78 is 61.3. The quantitative estimate of drug-likeness (QED) is 0.541. The molecule has 9 heteroatoms. The van der Waals surface area contributed by atoms with Crippen molar-refractivity contribution in [1.82, 2.24) is 10.2 Å². The van der Waals surface area contributed by atoms with Crippen LogP contribution >= 0.6 is 0 Å². The van der Waals surface area contributed by atoms with Gasteiger partial charge in [0, 0.05) is 17.5 Å². The molecule has 26 heavy (non-hydrogen) atoms. The van der Waals surface area contributed by atoms with E-state index in [1.807, 2.05) is 5.10 Å². The number of esters is 1. The molecule has 3 rings (SSSR count). The highest BCUT2D eigenvalue weighted by atomic mass is 19.4. The summed E-state index contributed by atoms with van der Waals surface area (Å²) in [5, 5.41) is 5.24. The molecule has 1 aromatic carbocycles. The number of aromatic nitrogens is 2. The molecule has 0 amide bonds. The summed E-state index contributed by atoms with van der Waals surface area (Å²) in [5.74, 6) is -0.980. The average Bonchev–Trinajstić information content (AvgIpc) is 3.24. The summed E-state index contributed by atoms with van der Waals surface area (Å²) in [7, 11) is 0. The average molecular weight is 368 g/mol. The summed E-state index contributed by atoms with van der Waals surface area (Å²) in [5.41, 5.74) is -0.499. The van der Waals surface area contributed by atoms with Crippen molar-refractivity contribution in [3.63, 3.8) is 0 Å². The van der Waals surface area contributed by atoms with Crippen molar-refractivity contribution in [1.29, 1.82) is 0 Å². The van der Waals surface area contributed by atoms with Crippen LogP contribution in [0.4, 0.5) is 17.6 Å². The Kier molecular flexibility index (Phi) is 4.79. The second kappa shape index (κ2) is 7.03. The Bertz CT molecular complexity index is 897. The van der Waals surface area contributed by atoms with E-state index in [9.17, 15) is 22.4 Å². The lowest BCUT2D eigenvalue weighted by molar-refractivity contribution is -0.141. The smallest absolute Gasteiger partial charge is 0.433 e. The maximum Gasteiger partial charge on any atom is 0.433 e. The molecule has 1 N–H and O–H groups in total. The first kappa shape index (κ1) is 17.7. The number of furan rings is 1. The van der Waals surface area contributed by atoms with E-state index in [2.05, 4.69) is 5.10 Å². The number of hydrogen-bond donors (Lipinski definition) is 1. The van der Waals surface area contributed by atoms with Gasteiger partial charge in [-0.2, -0.15) is 18.3 Å². The zero-order valence-electron chi connectivity index (χ0n) is 13.1. The van der Waals surface area contributed by atoms with Gasteiger partial charge in [0.25, 0.3) is 0 Å². The molecule has 0 aliphatic rings. The molecule has 0 aliphatic heterocycles. The maximum atomic E-state index is 12.9. The van der Waals surface area contributed by atoms with Crippen molar-refractivity contribution in [2.75, 3.05) is 6.61 Å². The lowest BCUT2D eigenvalue weighted by Gasteiger charge is -2.07. The summed E-state index contributed by atoms with van der Waals surface area (Å²) in [4.78, 5) is 11.9. The third-order valence-corrected chi connectivity index (χ3v) is 3.54. The number of carbonyl (C=O) groups excluding carboxylic acids is 1. The van der Waals surface area contributed by atoms with E-state index >= 15 is 0 Å². The van der Waals surface area contributed by atoms with Gasteiger partial charge in [0.05, 0.1) is 12.8 Å². The second-order valence-electron chi connectivity index (χ2n) is 5.32. The second-order valence-corrected chi connectivity index (χ2v) is 5.32. The number of rotatable bonds is 5. The maximum absolute atomic E-state index is 12.9. The van der Waals surface area contributed by atoms with Crippen LogP contribution in [-0.4, -0.2) is 22.8 Å². The van der Waals surface area contributed by atoms with Crippen molar-refractivity contribution in [2.24, 2.45) is 0 Å². The van der Waals surface area contributed by atoms with Gasteiger partial charge >= 0.3 is 12.1 Å². The third-order valence-electron chi connectivity index (χ3n) is 3.54. The Balaban J connectivity index is 1.59. The fraction of sp³-hybridized carbons (Fsp3) is 0.176. The molecule has 0 atom stereocenters. The standard InChI is InChI=1S/C17H12F4N2O3/c18-12-3-1-10(2-4-12)13-5-6-14(26-13)16(24)25-8-7-11-9-22-23-15(11)17(19,20)21/h1-6,9H,7-8H2,(H,22,23). The van der Waals surface area contributed by atoms with Gasteiger partial charge in [0.1, 0.15) is 17.3 Å². The number of nitrogens with one attached hydrogen (secondary N) is 1. The molecule has 0 saturated heterocycles. The fourth-order valence-electron chi connectivity index (χ4n) is 2.29. The predicted octanol–water partition coefficient (Wildman–Crippen LogP) is 4.23. The van der Waals surface area contributed by atoms with E-state index < -0.39 is 23.7 Å². The topological polar surface area (TPSA) is 68.1 Å². The molecule has 2 aromatic heterocycles. The monoisotopic (exact) mass is 368 g/mol. The molecule has 3 aromatic rings. The molecule has 0 saturated carbocycles. The van der Waals surface area contributed by atoms with Gasteiger partial charge in [-0.15, -0.1) is 0 Å². The first-order chi connectivity index (χ1) is 12.3. The molecule has 136 valence electrons. The van der Waals surface area contributed by atoms with E-state index in [4.69, 9.17) is 9.15 Å². The van der Waals surface area contributed by atoms with E-state index in [1.54, 1.807) is 0 Å². The molecule has 0 spiro atoms. The van der Waals surface area contributed by atoms with Gasteiger partial charge in [-0.25, -0.2) is 9.18 Å². The van der Waals surface area contributed by atoms with Gasteiger partial charge < -0.3 is 9.15 Å². The number of alkyl halides is 3. The number of benzene rings is 1. The van der Waals surface area contributed by atoms with E-state index in [1.165, 1.54) is 36.4 Å². The van der Waals surface area contributed by atoms with Gasteiger partial charge in [0.15, 0.2) is 0 Å². The van der Waals surface area contributed by atoms with Crippen LogP contribution in [0, 0.1) is 5.82 Å². The zero-order valence-corrected chi connectivity index (χ0v) is 13.1. The highest BCUT2D eigenvalue weighted by molar-refractivity contribution is 5.87. The zero-order chi connectivity index (χ0) is 18.7. The Morgan fingerprint density at radius 2 is 1.88 bits per heavy atom. The van der Waals surface area contributed by atoms with Gasteiger partial charge in [0.2, 0.25) is 5.76 Å². The van der Waals surface area contributed by atoms with Crippen LogP contribution in [0.25, 0.3) is 11.3 Å². The van der Waals surface area contributed by atoms with Crippen molar-refractivity contribution in [3.05, 3.63) is 65.4 Å². The van der Waals surface area contributed by atoms with E-state index in [0.717, 1.165) is 6.20 Å². The number of ether oxygens (including phenoxy) is 1. The minimum atomic E-state index is -4.55. The summed E-state index contributed by atoms with van der Waals surface area (Å²) in [6.45, 7) is -0.270. The Labute approximate surface area is 144 Å². The van der Waals surface area contributed by atoms with Crippen LogP contribution in [-0.2, 0) is 17.3 Å². The molecule has 0 aliphatic carbocycles. The number of halogens is 4. The molecular weight excluding hydrogens is 356 g/mol. The molecule has 5 nitrogen and oxygen atoms in total. The number of carbonyl (C=O) groups is 1. The molecule has 2 heterocycles. The lowest BCUT2D eigenvalue weighted by Crippen LogP contribution is -2.12. The van der Waals surface area contributed by atoms with Crippen LogP contribution in [0.2, 0.25) is 0 Å². The number of H-pyrrole nitrogens is 1. The van der Waals surface area contributed by atoms with E-state index in [-0.39, 0.29) is 24.4 Å². The molecule has 0 fully saturated rings. The van der Waals surface area contributed by atoms with Crippen LogP contribution in [0.15, 0.2) is 47.0 Å². The largest absolute Gasteiger partial charge is 0.459 e. The van der Waals surface area contributed by atoms with E-state index in [0.29, 0.717) is 11.3 Å². The SMILES string of the molecule is O=C(OCCc1cn[nH]c1C(F)(F)F)c1ccc(-c2ccc(F)cc2)o1. The minimum Gasteiger partial charge on any atom is -0.459 e. The molecule has 0 bridgehead atoms. The van der Waals surface area contributed by atoms with Crippen LogP contribution in [0.3, 0.4) is 0 Å². The molecular formula is C17H12F4N2O3. The number of hydrogen-bond acceptors (Lipinski definition) is 4. The normalized spacial score (nSPS) is 11.5. The Hall–Kier alpha value is -3.10. The minimum absolute atomic E-state index is 0.100. The first-order valence-electron chi connectivity index (χ1n) is 7.47. The van der Waals surface area contributed by atoms with Crippen molar-refractivity contribution >= 4 is 5.97 Å². The highest BCUT2D eigenvalue weighted by Gasteiger charge is 2.35. The van der Waals surface area contributed by atoms with Gasteiger partial charge in [-0.3, -0.25) is 5.10 Å². The lowest BCUT2D eigenvalue weighted by atomic mass is 10.2. The Morgan fingerprint density at radius 3 is 2.58 bits per heavy atom. The fourth-order valence-corrected chi connectivity index (χ4v) is 2.29. The number of nitrogens with zero attached hydrogens (tertiary/aromatic N) is 1. The van der Waals surface area contributed by atoms with Crippen molar-refractivity contribution in [3.8, 4) is 11.3 Å². The van der Waals surface area contributed by atoms with Crippen molar-refractivity contribution in [2.45, 2.75) is 12.6 Å². The highest BCUT2D eigenvalue weighted by Crippen LogP contribution is 2.30. The third kappa shape index (κ3) is 3.93. The first-order valence-corrected chi connectivity index (χ1v) is 7.47. The van der Waals surface area contributed by atoms with Crippen molar-refractivity contribution < 1.29 is 31.5 Å². The van der Waals surface area contributed by atoms with Gasteiger partial charge in [-0.1, -0.05) is 0 Å². The summed E-state index contributed by atoms with van der Waals surface area (Å²) in [6, 6.07) is 8.36. The summed E-state index contributed by atoms with van der Waals surface area (Å²) in [6.07, 6.45) is -3.67. The van der Waals surface area contributed by atoms with Gasteiger partial charge in [-0.05, 0) is 36.4 Å². The van der Waals surface area contributed by atoms with Crippen LogP contribution < -0.4 is 0 Å². The Morgan fingerprint density at radius 1 is 1.15 bits per heavy atom. The summed E-state index contributed by atoms with van der Waals surface area (Å²) >= 11 is 0. The molecule has 0 unspecified atom stereocenters.